The average molecular weight is 324 g/mol. The maximum Gasteiger partial charge on any atom is 0.131 e. The summed E-state index contributed by atoms with van der Waals surface area (Å²) >= 11 is 0. The molecule has 4 rings (SSSR count). The van der Waals surface area contributed by atoms with E-state index in [0.717, 1.165) is 44.4 Å². The van der Waals surface area contributed by atoms with E-state index in [4.69, 9.17) is 4.74 Å². The molecule has 2 fully saturated rings. The van der Waals surface area contributed by atoms with Gasteiger partial charge < -0.3 is 9.64 Å². The lowest BCUT2D eigenvalue weighted by Gasteiger charge is -2.46. The fraction of sp³-hybridized carbons (Fsp3) is 0.474. The number of anilines is 1. The molecule has 2 aliphatic rings. The van der Waals surface area contributed by atoms with Gasteiger partial charge in [0.25, 0.3) is 0 Å². The summed E-state index contributed by atoms with van der Waals surface area (Å²) in [4.78, 5) is 13.4. The second-order valence-corrected chi connectivity index (χ2v) is 6.73. The van der Waals surface area contributed by atoms with E-state index < -0.39 is 0 Å². The van der Waals surface area contributed by atoms with E-state index in [-0.39, 0.29) is 0 Å². The van der Waals surface area contributed by atoms with Crippen LogP contribution in [0.5, 0.6) is 5.75 Å². The van der Waals surface area contributed by atoms with Crippen molar-refractivity contribution in [2.75, 3.05) is 37.7 Å². The minimum Gasteiger partial charge on any atom is -0.493 e. The van der Waals surface area contributed by atoms with E-state index in [2.05, 4.69) is 19.8 Å². The number of ether oxygens (including phenoxy) is 1. The molecule has 2 saturated heterocycles. The average Bonchev–Trinajstić information content (AvgIpc) is 2.67. The number of nitrogens with zero attached hydrogens (tertiary/aromatic N) is 4. The monoisotopic (exact) mass is 324 g/mol. The van der Waals surface area contributed by atoms with E-state index in [0.29, 0.717) is 12.0 Å². The Morgan fingerprint density at radius 2 is 1.96 bits per heavy atom. The molecule has 24 heavy (non-hydrogen) atoms. The van der Waals surface area contributed by atoms with Gasteiger partial charge in [-0.05, 0) is 31.0 Å². The van der Waals surface area contributed by atoms with Crippen molar-refractivity contribution < 1.29 is 4.74 Å². The van der Waals surface area contributed by atoms with Crippen LogP contribution in [0.25, 0.3) is 0 Å². The first-order chi connectivity index (χ1) is 11.9. The third-order valence-electron chi connectivity index (χ3n) is 5.12. The van der Waals surface area contributed by atoms with Crippen LogP contribution in [-0.4, -0.2) is 53.7 Å². The van der Waals surface area contributed by atoms with Gasteiger partial charge in [-0.2, -0.15) is 0 Å². The summed E-state index contributed by atoms with van der Waals surface area (Å²) in [5, 5.41) is 0. The van der Waals surface area contributed by atoms with Crippen molar-refractivity contribution in [3.63, 3.8) is 0 Å². The summed E-state index contributed by atoms with van der Waals surface area (Å²) < 4.78 is 5.96. The highest BCUT2D eigenvalue weighted by atomic mass is 16.5. The molecule has 0 radical (unpaired) electrons. The molecule has 126 valence electrons. The first-order valence-corrected chi connectivity index (χ1v) is 8.81. The zero-order chi connectivity index (χ0) is 16.2. The van der Waals surface area contributed by atoms with E-state index in [9.17, 15) is 0 Å². The van der Waals surface area contributed by atoms with Crippen LogP contribution in [0.3, 0.4) is 0 Å². The first kappa shape index (κ1) is 15.4. The highest BCUT2D eigenvalue weighted by Crippen LogP contribution is 2.27. The van der Waals surface area contributed by atoms with Crippen molar-refractivity contribution in [2.45, 2.75) is 18.9 Å². The standard InChI is InChI=1S/C19H24N4O/c1-2-4-18(5-3-1)24-14-16-6-7-17-13-23(11-10-22(17)12-16)19-8-9-20-15-21-19/h1-5,8-9,15-17H,6-7,10-14H2/t16-,17+/m1/s1. The van der Waals surface area contributed by atoms with Gasteiger partial charge in [0.05, 0.1) is 6.61 Å². The van der Waals surface area contributed by atoms with Gasteiger partial charge in [-0.15, -0.1) is 0 Å². The Balaban J connectivity index is 1.30. The molecule has 3 heterocycles. The summed E-state index contributed by atoms with van der Waals surface area (Å²) in [6, 6.07) is 12.8. The molecule has 0 aliphatic carbocycles. The van der Waals surface area contributed by atoms with Crippen LogP contribution in [-0.2, 0) is 0 Å². The molecule has 1 aromatic heterocycles. The lowest BCUT2D eigenvalue weighted by atomic mass is 9.91. The van der Waals surface area contributed by atoms with Crippen molar-refractivity contribution >= 4 is 5.82 Å². The second-order valence-electron chi connectivity index (χ2n) is 6.73. The molecule has 2 aliphatic heterocycles. The number of fused-ring (bicyclic) bond motifs is 1. The molecule has 0 amide bonds. The van der Waals surface area contributed by atoms with Gasteiger partial charge in [0.2, 0.25) is 0 Å². The molecule has 0 saturated carbocycles. The molecule has 5 heteroatoms. The number of hydrogen-bond donors (Lipinski definition) is 0. The van der Waals surface area contributed by atoms with Gasteiger partial charge >= 0.3 is 0 Å². The Morgan fingerprint density at radius 3 is 2.79 bits per heavy atom. The number of para-hydroxylation sites is 1. The molecule has 0 N–H and O–H groups in total. The molecule has 0 spiro atoms. The lowest BCUT2D eigenvalue weighted by Crippen LogP contribution is -2.57. The summed E-state index contributed by atoms with van der Waals surface area (Å²) in [5.74, 6) is 2.67. The number of hydrogen-bond acceptors (Lipinski definition) is 5. The first-order valence-electron chi connectivity index (χ1n) is 8.81. The van der Waals surface area contributed by atoms with Crippen molar-refractivity contribution in [1.82, 2.24) is 14.9 Å². The number of aromatic nitrogens is 2. The highest BCUT2D eigenvalue weighted by molar-refractivity contribution is 5.37. The van der Waals surface area contributed by atoms with Crippen LogP contribution in [0.2, 0.25) is 0 Å². The SMILES string of the molecule is c1ccc(OC[C@@H]2CC[C@H]3CN(c4ccncn4)CCN3C2)cc1. The Kier molecular flexibility index (Phi) is 4.60. The Labute approximate surface area is 143 Å². The van der Waals surface area contributed by atoms with Crippen LogP contribution in [0.15, 0.2) is 48.9 Å². The van der Waals surface area contributed by atoms with Crippen molar-refractivity contribution in [2.24, 2.45) is 5.92 Å². The predicted octanol–water partition coefficient (Wildman–Crippen LogP) is 2.46. The van der Waals surface area contributed by atoms with Gasteiger partial charge in [0, 0.05) is 44.3 Å². The van der Waals surface area contributed by atoms with Gasteiger partial charge in [-0.3, -0.25) is 4.90 Å². The van der Waals surface area contributed by atoms with Crippen LogP contribution in [0.4, 0.5) is 5.82 Å². The quantitative estimate of drug-likeness (QED) is 0.864. The van der Waals surface area contributed by atoms with E-state index >= 15 is 0 Å². The van der Waals surface area contributed by atoms with Crippen molar-refractivity contribution in [1.29, 1.82) is 0 Å². The van der Waals surface area contributed by atoms with Crippen LogP contribution >= 0.6 is 0 Å². The van der Waals surface area contributed by atoms with Crippen LogP contribution in [0.1, 0.15) is 12.8 Å². The second kappa shape index (κ2) is 7.18. The van der Waals surface area contributed by atoms with Crippen LogP contribution < -0.4 is 9.64 Å². The van der Waals surface area contributed by atoms with Gasteiger partial charge in [0.15, 0.2) is 0 Å². The maximum atomic E-state index is 5.96. The molecule has 0 unspecified atom stereocenters. The molecule has 2 atom stereocenters. The molecule has 5 nitrogen and oxygen atoms in total. The van der Waals surface area contributed by atoms with Crippen LogP contribution in [0, 0.1) is 5.92 Å². The van der Waals surface area contributed by atoms with Crippen molar-refractivity contribution in [3.05, 3.63) is 48.9 Å². The zero-order valence-corrected chi connectivity index (χ0v) is 13.9. The normalized spacial score (nSPS) is 24.4. The lowest BCUT2D eigenvalue weighted by molar-refractivity contribution is 0.0727. The van der Waals surface area contributed by atoms with Crippen molar-refractivity contribution in [3.8, 4) is 5.75 Å². The summed E-state index contributed by atoms with van der Waals surface area (Å²) in [7, 11) is 0. The molecule has 0 bridgehead atoms. The summed E-state index contributed by atoms with van der Waals surface area (Å²) in [6.45, 7) is 5.19. The Morgan fingerprint density at radius 1 is 1.04 bits per heavy atom. The number of rotatable bonds is 4. The van der Waals surface area contributed by atoms with E-state index in [1.54, 1.807) is 6.33 Å². The minimum atomic E-state index is 0.632. The molecular formula is C19H24N4O. The zero-order valence-electron chi connectivity index (χ0n) is 13.9. The highest BCUT2D eigenvalue weighted by Gasteiger charge is 2.33. The van der Waals surface area contributed by atoms with E-state index in [1.807, 2.05) is 42.6 Å². The predicted molar refractivity (Wildman–Crippen MR) is 94.3 cm³/mol. The fourth-order valence-corrected chi connectivity index (χ4v) is 3.80. The smallest absolute Gasteiger partial charge is 0.131 e. The third kappa shape index (κ3) is 3.51. The third-order valence-corrected chi connectivity index (χ3v) is 5.12. The number of benzene rings is 1. The summed E-state index contributed by atoms with van der Waals surface area (Å²) in [5.41, 5.74) is 0. The maximum absolute atomic E-state index is 5.96. The van der Waals surface area contributed by atoms with Gasteiger partial charge in [0.1, 0.15) is 17.9 Å². The van der Waals surface area contributed by atoms with Gasteiger partial charge in [-0.25, -0.2) is 9.97 Å². The summed E-state index contributed by atoms with van der Waals surface area (Å²) in [6.07, 6.45) is 5.95. The molecule has 1 aromatic carbocycles. The fourth-order valence-electron chi connectivity index (χ4n) is 3.80. The van der Waals surface area contributed by atoms with Gasteiger partial charge in [-0.1, -0.05) is 18.2 Å². The topological polar surface area (TPSA) is 41.5 Å². The van der Waals surface area contributed by atoms with E-state index in [1.165, 1.54) is 12.8 Å². The number of piperazine rings is 1. The minimum absolute atomic E-state index is 0.632. The Hall–Kier alpha value is -2.14. The number of piperidine rings is 1. The largest absolute Gasteiger partial charge is 0.493 e. The molecular weight excluding hydrogens is 300 g/mol. The Bertz CT molecular complexity index is 636. The molecule has 2 aromatic rings.